The summed E-state index contributed by atoms with van der Waals surface area (Å²) < 4.78 is 0. The molecule has 0 aliphatic heterocycles. The molecule has 0 spiro atoms. The third kappa shape index (κ3) is 2.87. The molecule has 2 aromatic carbocycles. The van der Waals surface area contributed by atoms with E-state index in [0.29, 0.717) is 5.41 Å². The SMILES string of the molecule is Cc1ccc2c(c1Cc1ccccc1)CC[C@H]1[C@@H]2CC[C@@H]2CCCC[C@@]21C. The summed E-state index contributed by atoms with van der Waals surface area (Å²) in [6.07, 6.45) is 12.7. The first-order valence-electron chi connectivity index (χ1n) is 11.3. The third-order valence-corrected chi connectivity index (χ3v) is 8.64. The molecule has 5 rings (SSSR count). The fourth-order valence-corrected chi connectivity index (χ4v) is 7.15. The van der Waals surface area contributed by atoms with E-state index in [1.165, 1.54) is 62.5 Å². The lowest BCUT2D eigenvalue weighted by Crippen LogP contribution is -2.46. The highest BCUT2D eigenvalue weighted by atomic mass is 14.5. The summed E-state index contributed by atoms with van der Waals surface area (Å²) in [6.45, 7) is 4.99. The predicted molar refractivity (Wildman–Crippen MR) is 114 cm³/mol. The van der Waals surface area contributed by atoms with Gasteiger partial charge in [0.2, 0.25) is 0 Å². The van der Waals surface area contributed by atoms with Crippen LogP contribution in [0.25, 0.3) is 0 Å². The van der Waals surface area contributed by atoms with E-state index >= 15 is 0 Å². The van der Waals surface area contributed by atoms with Crippen molar-refractivity contribution < 1.29 is 0 Å². The molecule has 2 saturated carbocycles. The van der Waals surface area contributed by atoms with Crippen LogP contribution in [-0.4, -0.2) is 0 Å². The Hall–Kier alpha value is -1.56. The highest BCUT2D eigenvalue weighted by Crippen LogP contribution is 2.61. The molecule has 0 radical (unpaired) electrons. The average molecular weight is 359 g/mol. The van der Waals surface area contributed by atoms with Gasteiger partial charge in [-0.2, -0.15) is 0 Å². The summed E-state index contributed by atoms with van der Waals surface area (Å²) in [5.74, 6) is 2.75. The fraction of sp³-hybridized carbons (Fsp3) is 0.556. The Bertz CT molecular complexity index is 817. The van der Waals surface area contributed by atoms with Gasteiger partial charge in [0.1, 0.15) is 0 Å². The summed E-state index contributed by atoms with van der Waals surface area (Å²) in [7, 11) is 0. The van der Waals surface area contributed by atoms with Crippen molar-refractivity contribution in [2.45, 2.75) is 77.6 Å². The van der Waals surface area contributed by atoms with E-state index in [1.807, 2.05) is 0 Å². The van der Waals surface area contributed by atoms with Crippen LogP contribution in [0, 0.1) is 24.2 Å². The third-order valence-electron chi connectivity index (χ3n) is 8.64. The Morgan fingerprint density at radius 2 is 1.78 bits per heavy atom. The standard InChI is InChI=1S/C27H34/c1-19-11-13-22-23(25(19)18-20-8-4-3-5-9-20)15-16-26-24(22)14-12-21-10-6-7-17-27(21,26)2/h3-5,8-9,11,13,21,24,26H,6-7,10,12,14-18H2,1-2H3/t21-,24+,26-,27-/m0/s1. The maximum Gasteiger partial charge on any atom is -0.00203 e. The lowest BCUT2D eigenvalue weighted by Gasteiger charge is -2.56. The van der Waals surface area contributed by atoms with Gasteiger partial charge in [-0.15, -0.1) is 0 Å². The quantitative estimate of drug-likeness (QED) is 0.531. The fourth-order valence-electron chi connectivity index (χ4n) is 7.15. The second-order valence-electron chi connectivity index (χ2n) is 9.87. The van der Waals surface area contributed by atoms with Crippen LogP contribution in [0.4, 0.5) is 0 Å². The van der Waals surface area contributed by atoms with Gasteiger partial charge in [0.05, 0.1) is 0 Å². The van der Waals surface area contributed by atoms with Gasteiger partial charge in [-0.25, -0.2) is 0 Å². The molecule has 0 heteroatoms. The summed E-state index contributed by atoms with van der Waals surface area (Å²) in [6, 6.07) is 16.0. The van der Waals surface area contributed by atoms with Crippen molar-refractivity contribution >= 4 is 0 Å². The summed E-state index contributed by atoms with van der Waals surface area (Å²) in [5, 5.41) is 0. The Kier molecular flexibility index (Phi) is 4.42. The van der Waals surface area contributed by atoms with Gasteiger partial charge < -0.3 is 0 Å². The lowest BCUT2D eigenvalue weighted by molar-refractivity contribution is -0.0204. The maximum absolute atomic E-state index is 2.66. The van der Waals surface area contributed by atoms with Crippen LogP contribution in [0.15, 0.2) is 42.5 Å². The first kappa shape index (κ1) is 17.5. The van der Waals surface area contributed by atoms with Gasteiger partial charge in [-0.3, -0.25) is 0 Å². The van der Waals surface area contributed by atoms with E-state index in [4.69, 9.17) is 0 Å². The van der Waals surface area contributed by atoms with E-state index in [-0.39, 0.29) is 0 Å². The first-order chi connectivity index (χ1) is 13.2. The number of hydrogen-bond donors (Lipinski definition) is 0. The number of aryl methyl sites for hydroxylation is 1. The van der Waals surface area contributed by atoms with E-state index in [0.717, 1.165) is 24.2 Å². The van der Waals surface area contributed by atoms with Crippen LogP contribution >= 0.6 is 0 Å². The lowest BCUT2D eigenvalue weighted by atomic mass is 9.49. The molecule has 0 aromatic heterocycles. The Labute approximate surface area is 165 Å². The zero-order valence-electron chi connectivity index (χ0n) is 17.1. The topological polar surface area (TPSA) is 0 Å². The van der Waals surface area contributed by atoms with Crippen LogP contribution < -0.4 is 0 Å². The van der Waals surface area contributed by atoms with Crippen molar-refractivity contribution in [3.05, 3.63) is 70.3 Å². The maximum atomic E-state index is 2.66. The van der Waals surface area contributed by atoms with Gasteiger partial charge in [-0.1, -0.05) is 62.2 Å². The molecule has 2 fully saturated rings. The highest BCUT2D eigenvalue weighted by molar-refractivity contribution is 5.47. The first-order valence-corrected chi connectivity index (χ1v) is 11.3. The predicted octanol–water partition coefficient (Wildman–Crippen LogP) is 7.22. The van der Waals surface area contributed by atoms with Gasteiger partial charge >= 0.3 is 0 Å². The van der Waals surface area contributed by atoms with E-state index in [2.05, 4.69) is 56.3 Å². The van der Waals surface area contributed by atoms with Crippen LogP contribution in [-0.2, 0) is 12.8 Å². The molecular weight excluding hydrogens is 324 g/mol. The minimum absolute atomic E-state index is 0.614. The molecule has 2 aromatic rings. The molecular formula is C27H34. The summed E-state index contributed by atoms with van der Waals surface area (Å²) >= 11 is 0. The largest absolute Gasteiger partial charge is 0.0622 e. The number of fused-ring (bicyclic) bond motifs is 5. The molecule has 3 aliphatic carbocycles. The van der Waals surface area contributed by atoms with Crippen LogP contribution in [0.1, 0.15) is 85.6 Å². The van der Waals surface area contributed by atoms with Crippen molar-refractivity contribution in [2.75, 3.05) is 0 Å². The smallest absolute Gasteiger partial charge is 0.00203 e. The molecule has 27 heavy (non-hydrogen) atoms. The molecule has 0 unspecified atom stereocenters. The monoisotopic (exact) mass is 358 g/mol. The van der Waals surface area contributed by atoms with Crippen LogP contribution in [0.2, 0.25) is 0 Å². The van der Waals surface area contributed by atoms with Gasteiger partial charge in [0, 0.05) is 0 Å². The van der Waals surface area contributed by atoms with Crippen molar-refractivity contribution in [1.82, 2.24) is 0 Å². The Morgan fingerprint density at radius 3 is 2.63 bits per heavy atom. The molecule has 0 saturated heterocycles. The molecule has 0 amide bonds. The second kappa shape index (κ2) is 6.80. The molecule has 0 N–H and O–H groups in total. The Morgan fingerprint density at radius 1 is 0.926 bits per heavy atom. The zero-order chi connectivity index (χ0) is 18.4. The van der Waals surface area contributed by atoms with Crippen LogP contribution in [0.5, 0.6) is 0 Å². The number of rotatable bonds is 2. The minimum atomic E-state index is 0.614. The normalized spacial score (nSPS) is 32.3. The number of benzene rings is 2. The Balaban J connectivity index is 1.52. The van der Waals surface area contributed by atoms with Gasteiger partial charge in [0.25, 0.3) is 0 Å². The average Bonchev–Trinajstić information content (AvgIpc) is 2.70. The van der Waals surface area contributed by atoms with Gasteiger partial charge in [-0.05, 0) is 103 Å². The summed E-state index contributed by atoms with van der Waals surface area (Å²) in [4.78, 5) is 0. The minimum Gasteiger partial charge on any atom is -0.0622 e. The van der Waals surface area contributed by atoms with Gasteiger partial charge in [0.15, 0.2) is 0 Å². The van der Waals surface area contributed by atoms with Crippen molar-refractivity contribution in [2.24, 2.45) is 17.3 Å². The molecule has 0 bridgehead atoms. The second-order valence-corrected chi connectivity index (χ2v) is 9.87. The van der Waals surface area contributed by atoms with E-state index in [1.54, 1.807) is 16.7 Å². The molecule has 0 heterocycles. The number of hydrogen-bond acceptors (Lipinski definition) is 0. The zero-order valence-corrected chi connectivity index (χ0v) is 17.1. The summed E-state index contributed by atoms with van der Waals surface area (Å²) in [5.41, 5.74) is 8.65. The van der Waals surface area contributed by atoms with E-state index < -0.39 is 0 Å². The molecule has 3 aliphatic rings. The van der Waals surface area contributed by atoms with Crippen molar-refractivity contribution in [1.29, 1.82) is 0 Å². The molecule has 4 atom stereocenters. The van der Waals surface area contributed by atoms with E-state index in [9.17, 15) is 0 Å². The van der Waals surface area contributed by atoms with Crippen molar-refractivity contribution in [3.8, 4) is 0 Å². The van der Waals surface area contributed by atoms with Crippen LogP contribution in [0.3, 0.4) is 0 Å². The molecule has 142 valence electrons. The van der Waals surface area contributed by atoms with Crippen molar-refractivity contribution in [3.63, 3.8) is 0 Å². The highest BCUT2D eigenvalue weighted by Gasteiger charge is 2.50. The molecule has 0 nitrogen and oxygen atoms in total.